The van der Waals surface area contributed by atoms with Crippen LogP contribution in [0.1, 0.15) is 18.4 Å². The van der Waals surface area contributed by atoms with Gasteiger partial charge in [-0.1, -0.05) is 30.3 Å². The summed E-state index contributed by atoms with van der Waals surface area (Å²) in [6, 6.07) is 14.1. The van der Waals surface area contributed by atoms with Gasteiger partial charge in [0, 0.05) is 13.1 Å². The second kappa shape index (κ2) is 7.47. The molecule has 1 aromatic carbocycles. The number of likely N-dealkylation sites (tertiary alicyclic amines) is 1. The van der Waals surface area contributed by atoms with Crippen LogP contribution in [0.5, 0.6) is 0 Å². The predicted octanol–water partition coefficient (Wildman–Crippen LogP) is 1.41. The van der Waals surface area contributed by atoms with Crippen molar-refractivity contribution in [1.82, 2.24) is 30.2 Å². The Balaban J connectivity index is 1.25. The van der Waals surface area contributed by atoms with E-state index in [1.807, 2.05) is 11.0 Å². The molecule has 1 amide bonds. The van der Waals surface area contributed by atoms with E-state index in [-0.39, 0.29) is 12.5 Å². The number of anilines is 1. The first kappa shape index (κ1) is 16.4. The Bertz CT molecular complexity index is 871. The summed E-state index contributed by atoms with van der Waals surface area (Å²) in [6.45, 7) is 1.86. The fourth-order valence-corrected chi connectivity index (χ4v) is 3.36. The monoisotopic (exact) mass is 351 g/mol. The van der Waals surface area contributed by atoms with Gasteiger partial charge in [-0.3, -0.25) is 4.79 Å². The van der Waals surface area contributed by atoms with Crippen LogP contribution in [0, 0.1) is 5.92 Å². The summed E-state index contributed by atoms with van der Waals surface area (Å²) in [6.07, 6.45) is 3.20. The highest BCUT2D eigenvalue weighted by atomic mass is 16.2. The lowest BCUT2D eigenvalue weighted by molar-refractivity contribution is -0.130. The summed E-state index contributed by atoms with van der Waals surface area (Å²) in [5.74, 6) is 1.33. The van der Waals surface area contributed by atoms with Crippen LogP contribution in [0.25, 0.3) is 5.65 Å². The van der Waals surface area contributed by atoms with E-state index in [2.05, 4.69) is 50.2 Å². The lowest BCUT2D eigenvalue weighted by Crippen LogP contribution is -2.41. The number of nitrogens with one attached hydrogen (secondary N) is 1. The maximum Gasteiger partial charge on any atom is 0.241 e. The topological polar surface area (TPSA) is 88.3 Å². The number of tetrazole rings is 1. The zero-order chi connectivity index (χ0) is 17.8. The van der Waals surface area contributed by atoms with E-state index in [0.717, 1.165) is 32.4 Å². The molecule has 2 aromatic heterocycles. The SMILES string of the molecule is O=C(CNc1ccc2nnnn2n1)N1CCC(Cc2ccccc2)CC1. The van der Waals surface area contributed by atoms with Crippen molar-refractivity contribution in [3.05, 3.63) is 48.0 Å². The fraction of sp³-hybridized carbons (Fsp3) is 0.389. The predicted molar refractivity (Wildman–Crippen MR) is 96.5 cm³/mol. The summed E-state index contributed by atoms with van der Waals surface area (Å²) in [5.41, 5.74) is 1.95. The summed E-state index contributed by atoms with van der Waals surface area (Å²) < 4.78 is 1.34. The van der Waals surface area contributed by atoms with E-state index in [4.69, 9.17) is 0 Å². The van der Waals surface area contributed by atoms with Crippen molar-refractivity contribution in [2.24, 2.45) is 5.92 Å². The van der Waals surface area contributed by atoms with E-state index in [0.29, 0.717) is 17.4 Å². The molecule has 3 aromatic rings. The van der Waals surface area contributed by atoms with Crippen LogP contribution in [0.4, 0.5) is 5.82 Å². The molecule has 0 atom stereocenters. The minimum atomic E-state index is 0.0989. The van der Waals surface area contributed by atoms with Crippen molar-refractivity contribution in [2.75, 3.05) is 25.0 Å². The Hall–Kier alpha value is -3.03. The Morgan fingerprint density at radius 3 is 2.73 bits per heavy atom. The lowest BCUT2D eigenvalue weighted by Gasteiger charge is -2.32. The first-order chi connectivity index (χ1) is 12.8. The van der Waals surface area contributed by atoms with Gasteiger partial charge in [-0.05, 0) is 53.3 Å². The summed E-state index contributed by atoms with van der Waals surface area (Å²) >= 11 is 0. The molecule has 0 unspecified atom stereocenters. The van der Waals surface area contributed by atoms with Crippen molar-refractivity contribution in [1.29, 1.82) is 0 Å². The van der Waals surface area contributed by atoms with Crippen LogP contribution < -0.4 is 5.32 Å². The molecule has 0 bridgehead atoms. The Morgan fingerprint density at radius 1 is 1.12 bits per heavy atom. The molecule has 4 rings (SSSR count). The number of carbonyl (C=O) groups is 1. The molecule has 0 aliphatic carbocycles. The van der Waals surface area contributed by atoms with Gasteiger partial charge >= 0.3 is 0 Å². The summed E-state index contributed by atoms with van der Waals surface area (Å²) in [7, 11) is 0. The second-order valence-electron chi connectivity index (χ2n) is 6.61. The van der Waals surface area contributed by atoms with Crippen molar-refractivity contribution in [3.63, 3.8) is 0 Å². The number of fused-ring (bicyclic) bond motifs is 1. The average molecular weight is 351 g/mol. The minimum Gasteiger partial charge on any atom is -0.360 e. The molecule has 134 valence electrons. The Labute approximate surface area is 151 Å². The number of benzene rings is 1. The lowest BCUT2D eigenvalue weighted by atomic mass is 9.90. The largest absolute Gasteiger partial charge is 0.360 e. The van der Waals surface area contributed by atoms with E-state index in [1.165, 1.54) is 10.2 Å². The third-order valence-corrected chi connectivity index (χ3v) is 4.82. The Kier molecular flexibility index (Phi) is 4.72. The van der Waals surface area contributed by atoms with Gasteiger partial charge in [0.2, 0.25) is 5.91 Å². The van der Waals surface area contributed by atoms with Crippen molar-refractivity contribution in [2.45, 2.75) is 19.3 Å². The van der Waals surface area contributed by atoms with Crippen molar-refractivity contribution in [3.8, 4) is 0 Å². The van der Waals surface area contributed by atoms with Gasteiger partial charge in [-0.15, -0.1) is 14.8 Å². The molecule has 8 heteroatoms. The van der Waals surface area contributed by atoms with Crippen molar-refractivity contribution >= 4 is 17.4 Å². The number of carbonyl (C=O) groups excluding carboxylic acids is 1. The van der Waals surface area contributed by atoms with Gasteiger partial charge in [-0.2, -0.15) is 0 Å². The quantitative estimate of drug-likeness (QED) is 0.748. The summed E-state index contributed by atoms with van der Waals surface area (Å²) in [5, 5.41) is 18.4. The standard InChI is InChI=1S/C18H21N7O/c26-18(13-19-16-6-7-17-20-22-23-25(17)21-16)24-10-8-15(9-11-24)12-14-4-2-1-3-5-14/h1-7,15H,8-13H2,(H,19,21). The number of aromatic nitrogens is 5. The zero-order valence-electron chi connectivity index (χ0n) is 14.5. The third-order valence-electron chi connectivity index (χ3n) is 4.82. The Morgan fingerprint density at radius 2 is 1.92 bits per heavy atom. The highest BCUT2D eigenvalue weighted by molar-refractivity contribution is 5.80. The number of nitrogens with zero attached hydrogens (tertiary/aromatic N) is 6. The average Bonchev–Trinajstić information content (AvgIpc) is 3.15. The highest BCUT2D eigenvalue weighted by Crippen LogP contribution is 2.21. The number of hydrogen-bond acceptors (Lipinski definition) is 6. The molecular formula is C18H21N7O. The number of hydrogen-bond donors (Lipinski definition) is 1. The molecule has 0 radical (unpaired) electrons. The molecule has 8 nitrogen and oxygen atoms in total. The molecule has 1 aliphatic heterocycles. The smallest absolute Gasteiger partial charge is 0.241 e. The zero-order valence-corrected chi connectivity index (χ0v) is 14.5. The first-order valence-corrected chi connectivity index (χ1v) is 8.89. The molecule has 3 heterocycles. The maximum absolute atomic E-state index is 12.4. The van der Waals surface area contributed by atoms with Gasteiger partial charge in [0.05, 0.1) is 6.54 Å². The third kappa shape index (κ3) is 3.79. The van der Waals surface area contributed by atoms with Crippen LogP contribution in [-0.2, 0) is 11.2 Å². The van der Waals surface area contributed by atoms with Crippen LogP contribution in [0.15, 0.2) is 42.5 Å². The fourth-order valence-electron chi connectivity index (χ4n) is 3.36. The van der Waals surface area contributed by atoms with Gasteiger partial charge < -0.3 is 10.2 Å². The summed E-state index contributed by atoms with van der Waals surface area (Å²) in [4.78, 5) is 14.4. The van der Waals surface area contributed by atoms with E-state index in [1.54, 1.807) is 12.1 Å². The number of amides is 1. The maximum atomic E-state index is 12.4. The molecule has 1 saturated heterocycles. The molecule has 1 N–H and O–H groups in total. The molecule has 1 aliphatic rings. The van der Waals surface area contributed by atoms with Gasteiger partial charge in [-0.25, -0.2) is 0 Å². The van der Waals surface area contributed by atoms with Gasteiger partial charge in [0.15, 0.2) is 5.65 Å². The van der Waals surface area contributed by atoms with Gasteiger partial charge in [0.25, 0.3) is 0 Å². The first-order valence-electron chi connectivity index (χ1n) is 8.89. The van der Waals surface area contributed by atoms with Crippen LogP contribution >= 0.6 is 0 Å². The van der Waals surface area contributed by atoms with Crippen LogP contribution in [0.2, 0.25) is 0 Å². The molecule has 1 fully saturated rings. The molecular weight excluding hydrogens is 330 g/mol. The van der Waals surface area contributed by atoms with Crippen molar-refractivity contribution < 1.29 is 4.79 Å². The molecule has 0 spiro atoms. The van der Waals surface area contributed by atoms with Crippen LogP contribution in [0.3, 0.4) is 0 Å². The molecule has 26 heavy (non-hydrogen) atoms. The van der Waals surface area contributed by atoms with Gasteiger partial charge in [0.1, 0.15) is 5.82 Å². The number of piperidine rings is 1. The second-order valence-corrected chi connectivity index (χ2v) is 6.61. The van der Waals surface area contributed by atoms with E-state index < -0.39 is 0 Å². The molecule has 0 saturated carbocycles. The van der Waals surface area contributed by atoms with E-state index >= 15 is 0 Å². The minimum absolute atomic E-state index is 0.0989. The van der Waals surface area contributed by atoms with E-state index in [9.17, 15) is 4.79 Å². The highest BCUT2D eigenvalue weighted by Gasteiger charge is 2.22. The van der Waals surface area contributed by atoms with Crippen LogP contribution in [-0.4, -0.2) is 55.7 Å². The normalized spacial score (nSPS) is 15.3. The number of rotatable bonds is 5.